The summed E-state index contributed by atoms with van der Waals surface area (Å²) in [5, 5.41) is 3.33. The number of rotatable bonds is 3. The Balaban J connectivity index is 0.00000161. The van der Waals surface area contributed by atoms with Crippen molar-refractivity contribution in [1.82, 2.24) is 15.3 Å². The van der Waals surface area contributed by atoms with Crippen LogP contribution in [-0.4, -0.2) is 35.8 Å². The minimum atomic E-state index is -0.197. The van der Waals surface area contributed by atoms with Crippen LogP contribution in [0.4, 0.5) is 4.39 Å². The quantitative estimate of drug-likeness (QED) is 0.944. The predicted octanol–water partition coefficient (Wildman–Crippen LogP) is 2.24. The smallest absolute Gasteiger partial charge is 0.159 e. The van der Waals surface area contributed by atoms with Gasteiger partial charge in [0.05, 0.1) is 13.2 Å². The van der Waals surface area contributed by atoms with E-state index in [1.165, 1.54) is 6.07 Å². The minimum absolute atomic E-state index is 0. The molecule has 0 amide bonds. The van der Waals surface area contributed by atoms with Gasteiger partial charge < -0.3 is 10.1 Å². The zero-order chi connectivity index (χ0) is 13.8. The summed E-state index contributed by atoms with van der Waals surface area (Å²) in [6.07, 6.45) is 3.97. The molecule has 1 aliphatic rings. The molecule has 0 spiro atoms. The topological polar surface area (TPSA) is 47.0 Å². The summed E-state index contributed by atoms with van der Waals surface area (Å²) in [4.78, 5) is 8.39. The molecule has 2 heterocycles. The van der Waals surface area contributed by atoms with Crippen LogP contribution in [0.2, 0.25) is 0 Å². The van der Waals surface area contributed by atoms with Gasteiger partial charge in [0.1, 0.15) is 5.82 Å². The lowest BCUT2D eigenvalue weighted by atomic mass is 10.0. The van der Waals surface area contributed by atoms with Gasteiger partial charge >= 0.3 is 0 Å². The van der Waals surface area contributed by atoms with E-state index in [0.29, 0.717) is 24.4 Å². The predicted molar refractivity (Wildman–Crippen MR) is 81.0 cm³/mol. The molecule has 112 valence electrons. The van der Waals surface area contributed by atoms with Crippen LogP contribution >= 0.6 is 12.4 Å². The van der Waals surface area contributed by atoms with Crippen LogP contribution in [0.1, 0.15) is 5.56 Å². The number of hydrogen-bond acceptors (Lipinski definition) is 4. The van der Waals surface area contributed by atoms with Crippen molar-refractivity contribution in [3.8, 4) is 11.4 Å². The van der Waals surface area contributed by atoms with Crippen LogP contribution in [0, 0.1) is 5.82 Å². The third kappa shape index (κ3) is 3.97. The highest BCUT2D eigenvalue weighted by molar-refractivity contribution is 5.85. The summed E-state index contributed by atoms with van der Waals surface area (Å²) in [7, 11) is 0. The summed E-state index contributed by atoms with van der Waals surface area (Å²) in [5.41, 5.74) is 1.50. The molecule has 0 bridgehead atoms. The molecule has 6 heteroatoms. The van der Waals surface area contributed by atoms with Crippen LogP contribution in [0.3, 0.4) is 0 Å². The number of hydrogen-bond donors (Lipinski definition) is 1. The van der Waals surface area contributed by atoms with Gasteiger partial charge in [-0.05, 0) is 36.2 Å². The van der Waals surface area contributed by atoms with Crippen molar-refractivity contribution in [2.75, 3.05) is 19.8 Å². The van der Waals surface area contributed by atoms with Gasteiger partial charge in [0.15, 0.2) is 5.82 Å². The van der Waals surface area contributed by atoms with Crippen LogP contribution < -0.4 is 5.32 Å². The molecule has 1 N–H and O–H groups in total. The first-order valence-corrected chi connectivity index (χ1v) is 6.70. The molecule has 1 aliphatic heterocycles. The van der Waals surface area contributed by atoms with Gasteiger partial charge in [-0.15, -0.1) is 12.4 Å². The Bertz CT molecular complexity index is 576. The molecular formula is C15H17ClFN3O. The molecule has 4 nitrogen and oxygen atoms in total. The molecule has 0 radical (unpaired) electrons. The van der Waals surface area contributed by atoms with E-state index >= 15 is 0 Å². The average Bonchev–Trinajstić information content (AvgIpc) is 2.51. The molecular weight excluding hydrogens is 293 g/mol. The highest BCUT2D eigenvalue weighted by Gasteiger charge is 2.16. The van der Waals surface area contributed by atoms with E-state index in [-0.39, 0.29) is 24.3 Å². The number of benzene rings is 1. The summed E-state index contributed by atoms with van der Waals surface area (Å²) >= 11 is 0. The van der Waals surface area contributed by atoms with Crippen molar-refractivity contribution in [2.24, 2.45) is 0 Å². The van der Waals surface area contributed by atoms with Gasteiger partial charge in [-0.3, -0.25) is 0 Å². The normalized spacial score (nSPS) is 18.0. The number of aromatic nitrogens is 2. The second kappa shape index (κ2) is 7.45. The van der Waals surface area contributed by atoms with Gasteiger partial charge in [-0.2, -0.15) is 0 Å². The van der Waals surface area contributed by atoms with Crippen LogP contribution in [-0.2, 0) is 11.2 Å². The Morgan fingerprint density at radius 1 is 1.29 bits per heavy atom. The molecule has 1 atom stereocenters. The van der Waals surface area contributed by atoms with Crippen LogP contribution in [0.15, 0.2) is 36.7 Å². The highest BCUT2D eigenvalue weighted by atomic mass is 35.5. The zero-order valence-corrected chi connectivity index (χ0v) is 12.3. The first-order chi connectivity index (χ1) is 9.83. The molecule has 1 aromatic heterocycles. The summed E-state index contributed by atoms with van der Waals surface area (Å²) < 4.78 is 19.3. The number of ether oxygens (including phenoxy) is 1. The van der Waals surface area contributed by atoms with E-state index in [4.69, 9.17) is 4.74 Å². The molecule has 21 heavy (non-hydrogen) atoms. The Kier molecular flexibility index (Phi) is 5.61. The summed E-state index contributed by atoms with van der Waals surface area (Å²) in [6, 6.07) is 6.92. The van der Waals surface area contributed by atoms with Crippen LogP contribution in [0.25, 0.3) is 11.4 Å². The fourth-order valence-electron chi connectivity index (χ4n) is 2.33. The lowest BCUT2D eigenvalue weighted by Gasteiger charge is -2.24. The maximum atomic E-state index is 13.9. The van der Waals surface area contributed by atoms with Crippen molar-refractivity contribution in [3.05, 3.63) is 48.0 Å². The maximum Gasteiger partial charge on any atom is 0.159 e. The SMILES string of the molecule is Cl.Fc1ccc(-c2ncccn2)cc1C[C@@H]1COCCN1. The van der Waals surface area contributed by atoms with Gasteiger partial charge in [0, 0.05) is 30.5 Å². The summed E-state index contributed by atoms with van der Waals surface area (Å²) in [5.74, 6) is 0.415. The lowest BCUT2D eigenvalue weighted by molar-refractivity contribution is 0.0767. The van der Waals surface area contributed by atoms with E-state index in [1.54, 1.807) is 24.5 Å². The Labute approximate surface area is 129 Å². The van der Waals surface area contributed by atoms with Crippen molar-refractivity contribution >= 4 is 12.4 Å². The Morgan fingerprint density at radius 3 is 2.81 bits per heavy atom. The monoisotopic (exact) mass is 309 g/mol. The van der Waals surface area contributed by atoms with Gasteiger partial charge in [0.25, 0.3) is 0 Å². The number of nitrogens with zero attached hydrogens (tertiary/aromatic N) is 2. The fraction of sp³-hybridized carbons (Fsp3) is 0.333. The molecule has 0 unspecified atom stereocenters. The lowest BCUT2D eigenvalue weighted by Crippen LogP contribution is -2.42. The third-order valence-corrected chi connectivity index (χ3v) is 3.33. The highest BCUT2D eigenvalue weighted by Crippen LogP contribution is 2.20. The zero-order valence-electron chi connectivity index (χ0n) is 11.5. The van der Waals surface area contributed by atoms with Gasteiger partial charge in [-0.1, -0.05) is 0 Å². The van der Waals surface area contributed by atoms with Gasteiger partial charge in [0.2, 0.25) is 0 Å². The van der Waals surface area contributed by atoms with E-state index in [2.05, 4.69) is 15.3 Å². The second-order valence-corrected chi connectivity index (χ2v) is 4.81. The van der Waals surface area contributed by atoms with Crippen molar-refractivity contribution in [3.63, 3.8) is 0 Å². The molecule has 3 rings (SSSR count). The molecule has 1 saturated heterocycles. The molecule has 0 aliphatic carbocycles. The van der Waals surface area contributed by atoms with Crippen molar-refractivity contribution in [1.29, 1.82) is 0 Å². The van der Waals surface area contributed by atoms with Crippen LogP contribution in [0.5, 0.6) is 0 Å². The molecule has 2 aromatic rings. The standard InChI is InChI=1S/C15H16FN3O.ClH/c16-14-3-2-11(15-18-4-1-5-19-15)8-12(14)9-13-10-20-7-6-17-13;/h1-5,8,13,17H,6-7,9-10H2;1H/t13-;/m1./s1. The van der Waals surface area contributed by atoms with E-state index in [1.807, 2.05) is 6.07 Å². The second-order valence-electron chi connectivity index (χ2n) is 4.81. The van der Waals surface area contributed by atoms with Gasteiger partial charge in [-0.25, -0.2) is 14.4 Å². The fourth-order valence-corrected chi connectivity index (χ4v) is 2.33. The third-order valence-electron chi connectivity index (χ3n) is 3.33. The maximum absolute atomic E-state index is 13.9. The number of morpholine rings is 1. The van der Waals surface area contributed by atoms with Crippen molar-refractivity contribution < 1.29 is 9.13 Å². The molecule has 1 aromatic carbocycles. The average molecular weight is 310 g/mol. The number of nitrogens with one attached hydrogen (secondary N) is 1. The number of halogens is 2. The van der Waals surface area contributed by atoms with E-state index in [0.717, 1.165) is 18.7 Å². The summed E-state index contributed by atoms with van der Waals surface area (Å²) in [6.45, 7) is 2.15. The molecule has 0 saturated carbocycles. The van der Waals surface area contributed by atoms with Crippen molar-refractivity contribution in [2.45, 2.75) is 12.5 Å². The largest absolute Gasteiger partial charge is 0.379 e. The Morgan fingerprint density at radius 2 is 2.10 bits per heavy atom. The van der Waals surface area contributed by atoms with E-state index in [9.17, 15) is 4.39 Å². The first-order valence-electron chi connectivity index (χ1n) is 6.70. The Hall–Kier alpha value is -1.56. The van der Waals surface area contributed by atoms with E-state index < -0.39 is 0 Å². The minimum Gasteiger partial charge on any atom is -0.379 e. The molecule has 1 fully saturated rings. The first kappa shape index (κ1) is 15.8.